The zero-order valence-electron chi connectivity index (χ0n) is 21.8. The van der Waals surface area contributed by atoms with E-state index in [2.05, 4.69) is 80.1 Å². The Morgan fingerprint density at radius 1 is 0.500 bits per heavy atom. The maximum Gasteiger partial charge on any atom is 0.181 e. The molecule has 38 heavy (non-hydrogen) atoms. The fourth-order valence-electron chi connectivity index (χ4n) is 5.52. The number of hydrogen-bond acceptors (Lipinski definition) is 6. The molecule has 184 valence electrons. The Labute approximate surface area is 221 Å². The molecule has 0 radical (unpaired) electrons. The second-order valence-electron chi connectivity index (χ2n) is 10.9. The van der Waals surface area contributed by atoms with E-state index in [0.29, 0.717) is 11.5 Å². The van der Waals surface area contributed by atoms with Gasteiger partial charge in [0.1, 0.15) is 11.4 Å². The van der Waals surface area contributed by atoms with Gasteiger partial charge >= 0.3 is 0 Å². The van der Waals surface area contributed by atoms with Crippen molar-refractivity contribution in [1.29, 1.82) is 0 Å². The molecule has 0 spiro atoms. The first-order valence-electron chi connectivity index (χ1n) is 12.8. The molecule has 0 saturated heterocycles. The van der Waals surface area contributed by atoms with Crippen molar-refractivity contribution >= 4 is 34.5 Å². The standard InChI is InChI=1S/C32H26N6/c1-31(2)19-9-7-12-22(17-19)36-30-26-25(33-15-16-34-26)28(38-30)32(3,4)20-10-8-11-21(18-20)35-29-24-14-6-5-13-23(24)27(31)37-29/h5-18H,1-4H3. The van der Waals surface area contributed by atoms with Crippen LogP contribution in [0.15, 0.2) is 105 Å². The largest absolute Gasteiger partial charge is 0.251 e. The molecule has 8 bridgehead atoms. The van der Waals surface area contributed by atoms with E-state index in [0.717, 1.165) is 56.6 Å². The molecule has 3 aromatic carbocycles. The molecule has 3 aliphatic heterocycles. The number of aliphatic imine (C=N–C) groups is 4. The van der Waals surface area contributed by atoms with Gasteiger partial charge in [0.25, 0.3) is 0 Å². The zero-order valence-corrected chi connectivity index (χ0v) is 21.8. The van der Waals surface area contributed by atoms with Gasteiger partial charge in [0.05, 0.1) is 22.8 Å². The van der Waals surface area contributed by atoms with Crippen LogP contribution >= 0.6 is 0 Å². The molecule has 6 nitrogen and oxygen atoms in total. The first-order chi connectivity index (χ1) is 18.3. The quantitative estimate of drug-likeness (QED) is 0.280. The van der Waals surface area contributed by atoms with Gasteiger partial charge in [0, 0.05) is 34.4 Å². The van der Waals surface area contributed by atoms with Crippen LogP contribution in [0.4, 0.5) is 11.4 Å². The smallest absolute Gasteiger partial charge is 0.181 e. The minimum atomic E-state index is -0.457. The van der Waals surface area contributed by atoms with E-state index in [1.165, 1.54) is 0 Å². The average molecular weight is 495 g/mol. The van der Waals surface area contributed by atoms with Crippen LogP contribution in [0.1, 0.15) is 61.3 Å². The molecular formula is C32H26N6. The molecule has 7 rings (SSSR count). The Morgan fingerprint density at radius 3 is 1.74 bits per heavy atom. The molecule has 4 heterocycles. The van der Waals surface area contributed by atoms with E-state index in [-0.39, 0.29) is 5.41 Å². The van der Waals surface area contributed by atoms with Crippen molar-refractivity contribution in [2.75, 3.05) is 0 Å². The van der Waals surface area contributed by atoms with Crippen LogP contribution < -0.4 is 0 Å². The Morgan fingerprint density at radius 2 is 1.05 bits per heavy atom. The van der Waals surface area contributed by atoms with Crippen molar-refractivity contribution < 1.29 is 0 Å². The molecule has 0 atom stereocenters. The number of rotatable bonds is 0. The average Bonchev–Trinajstić information content (AvgIpc) is 3.48. The van der Waals surface area contributed by atoms with Gasteiger partial charge in [0.2, 0.25) is 0 Å². The van der Waals surface area contributed by atoms with Crippen LogP contribution in [0.5, 0.6) is 0 Å². The van der Waals surface area contributed by atoms with Gasteiger partial charge < -0.3 is 0 Å². The summed E-state index contributed by atoms with van der Waals surface area (Å²) < 4.78 is 0. The maximum atomic E-state index is 5.14. The lowest BCUT2D eigenvalue weighted by atomic mass is 9.77. The summed E-state index contributed by atoms with van der Waals surface area (Å²) in [5, 5.41) is 0. The molecule has 6 heteroatoms. The summed E-state index contributed by atoms with van der Waals surface area (Å²) in [4.78, 5) is 29.6. The summed E-state index contributed by atoms with van der Waals surface area (Å²) in [6.45, 7) is 8.73. The van der Waals surface area contributed by atoms with E-state index in [9.17, 15) is 0 Å². The van der Waals surface area contributed by atoms with Crippen molar-refractivity contribution in [3.63, 3.8) is 0 Å². The SMILES string of the molecule is CC1(C)C2=NC(=Nc3cccc(c3)C(C)(C)C3=NC(=Nc4cccc1c4)c1nccnc13)c1ccccc12. The molecule has 1 aromatic heterocycles. The second-order valence-corrected chi connectivity index (χ2v) is 10.9. The van der Waals surface area contributed by atoms with Gasteiger partial charge in [-0.15, -0.1) is 0 Å². The normalized spacial score (nSPS) is 18.0. The topological polar surface area (TPSA) is 75.2 Å². The Kier molecular flexibility index (Phi) is 4.73. The van der Waals surface area contributed by atoms with Gasteiger partial charge in [-0.25, -0.2) is 25.0 Å². The van der Waals surface area contributed by atoms with Gasteiger partial charge in [-0.05, 0) is 35.4 Å². The summed E-state index contributed by atoms with van der Waals surface area (Å²) in [5.74, 6) is 1.31. The Hall–Kier alpha value is -4.58. The summed E-state index contributed by atoms with van der Waals surface area (Å²) >= 11 is 0. The highest BCUT2D eigenvalue weighted by Crippen LogP contribution is 2.38. The lowest BCUT2D eigenvalue weighted by molar-refractivity contribution is 0.718. The van der Waals surface area contributed by atoms with Crippen molar-refractivity contribution in [3.05, 3.63) is 119 Å². The third kappa shape index (κ3) is 3.33. The highest BCUT2D eigenvalue weighted by molar-refractivity contribution is 6.27. The predicted molar refractivity (Wildman–Crippen MR) is 153 cm³/mol. The number of fused-ring (bicyclic) bond motifs is 12. The first kappa shape index (κ1) is 22.6. The Bertz CT molecular complexity index is 1640. The highest BCUT2D eigenvalue weighted by Gasteiger charge is 2.38. The van der Waals surface area contributed by atoms with Crippen LogP contribution in [0.2, 0.25) is 0 Å². The van der Waals surface area contributed by atoms with Crippen molar-refractivity contribution in [2.24, 2.45) is 20.0 Å². The molecule has 0 saturated carbocycles. The fourth-order valence-corrected chi connectivity index (χ4v) is 5.52. The van der Waals surface area contributed by atoms with Gasteiger partial charge in [-0.3, -0.25) is 4.98 Å². The predicted octanol–water partition coefficient (Wildman–Crippen LogP) is 6.51. The van der Waals surface area contributed by atoms with E-state index in [1.807, 2.05) is 30.3 Å². The highest BCUT2D eigenvalue weighted by atomic mass is 15.0. The first-order valence-corrected chi connectivity index (χ1v) is 12.8. The van der Waals surface area contributed by atoms with Gasteiger partial charge in [-0.2, -0.15) is 0 Å². The third-order valence-corrected chi connectivity index (χ3v) is 7.78. The summed E-state index contributed by atoms with van der Waals surface area (Å²) in [7, 11) is 0. The summed E-state index contributed by atoms with van der Waals surface area (Å²) in [6.07, 6.45) is 3.42. The third-order valence-electron chi connectivity index (χ3n) is 7.78. The number of nitrogens with zero attached hydrogens (tertiary/aromatic N) is 6. The lowest BCUT2D eigenvalue weighted by Crippen LogP contribution is -2.29. The molecule has 0 N–H and O–H groups in total. The van der Waals surface area contributed by atoms with Crippen molar-refractivity contribution in [1.82, 2.24) is 9.97 Å². The Balaban J connectivity index is 1.54. The molecular weight excluding hydrogens is 468 g/mol. The van der Waals surface area contributed by atoms with Crippen LogP contribution in [0, 0.1) is 0 Å². The number of amidine groups is 2. The maximum absolute atomic E-state index is 5.14. The molecule has 0 aliphatic carbocycles. The fraction of sp³-hybridized carbons (Fsp3) is 0.188. The zero-order chi connectivity index (χ0) is 26.1. The van der Waals surface area contributed by atoms with Crippen LogP contribution in [-0.4, -0.2) is 33.1 Å². The van der Waals surface area contributed by atoms with E-state index in [4.69, 9.17) is 20.0 Å². The molecule has 0 unspecified atom stereocenters. The number of aromatic nitrogens is 2. The molecule has 0 amide bonds. The minimum absolute atomic E-state index is 0.383. The second kappa shape index (κ2) is 7.96. The van der Waals surface area contributed by atoms with E-state index in [1.54, 1.807) is 12.4 Å². The van der Waals surface area contributed by atoms with Crippen molar-refractivity contribution in [3.8, 4) is 0 Å². The van der Waals surface area contributed by atoms with Crippen LogP contribution in [0.25, 0.3) is 0 Å². The van der Waals surface area contributed by atoms with Crippen LogP contribution in [0.3, 0.4) is 0 Å². The minimum Gasteiger partial charge on any atom is -0.251 e. The van der Waals surface area contributed by atoms with Gasteiger partial charge in [-0.1, -0.05) is 76.2 Å². The summed E-state index contributed by atoms with van der Waals surface area (Å²) in [5.41, 5.74) is 8.52. The van der Waals surface area contributed by atoms with E-state index >= 15 is 0 Å². The number of hydrogen-bond donors (Lipinski definition) is 0. The number of benzene rings is 3. The van der Waals surface area contributed by atoms with Gasteiger partial charge in [0.15, 0.2) is 11.7 Å². The van der Waals surface area contributed by atoms with Crippen LogP contribution in [-0.2, 0) is 10.8 Å². The van der Waals surface area contributed by atoms with E-state index < -0.39 is 5.41 Å². The molecule has 0 fully saturated rings. The van der Waals surface area contributed by atoms with Crippen molar-refractivity contribution in [2.45, 2.75) is 38.5 Å². The monoisotopic (exact) mass is 494 g/mol. The molecule has 4 aromatic rings. The lowest BCUT2D eigenvalue weighted by Gasteiger charge is -2.26. The summed E-state index contributed by atoms with van der Waals surface area (Å²) in [6, 6.07) is 25.0. The molecule has 3 aliphatic rings.